The fraction of sp³-hybridized carbons (Fsp3) is 0.478. The van der Waals surface area contributed by atoms with Gasteiger partial charge in [-0.25, -0.2) is 9.78 Å². The Morgan fingerprint density at radius 1 is 1.14 bits per heavy atom. The number of pyridine rings is 1. The number of hydrogen-bond donors (Lipinski definition) is 0. The summed E-state index contributed by atoms with van der Waals surface area (Å²) in [6.45, 7) is 3.79. The molecule has 0 saturated carbocycles. The summed E-state index contributed by atoms with van der Waals surface area (Å²) in [5.41, 5.74) is -1.09. The molecule has 0 radical (unpaired) electrons. The van der Waals surface area contributed by atoms with E-state index in [9.17, 15) is 26.4 Å². The molecule has 0 spiro atoms. The molecule has 0 unspecified atom stereocenters. The number of hydrogen-bond acceptors (Lipinski definition) is 8. The molecule has 0 atom stereocenters. The van der Waals surface area contributed by atoms with Crippen LogP contribution in [0.15, 0.2) is 30.5 Å². The van der Waals surface area contributed by atoms with E-state index >= 15 is 0 Å². The van der Waals surface area contributed by atoms with Gasteiger partial charge < -0.3 is 18.4 Å². The molecule has 37 heavy (non-hydrogen) atoms. The first-order valence-corrected chi connectivity index (χ1v) is 13.3. The van der Waals surface area contributed by atoms with Gasteiger partial charge in [0, 0.05) is 19.9 Å². The highest BCUT2D eigenvalue weighted by Gasteiger charge is 2.33. The van der Waals surface area contributed by atoms with Crippen LogP contribution in [0.3, 0.4) is 0 Å². The van der Waals surface area contributed by atoms with Crippen LogP contribution in [0.5, 0.6) is 17.4 Å². The Hall–Kier alpha value is -2.77. The second-order valence-electron chi connectivity index (χ2n) is 7.67. The van der Waals surface area contributed by atoms with Crippen molar-refractivity contribution in [2.75, 3.05) is 37.5 Å². The molecule has 2 rings (SSSR count). The molecular weight excluding hydrogens is 541 g/mol. The standard InChI is InChI=1S/C23H28ClF3N2O7S/c1-4-6-13-37(31,32)36-22(30)29(10-5-2)20-18(34-12-11-33-3)8-7-9-19(20)35-21-17(24)14-16(15-28-21)23(25,26)27/h7-9,14-15H,4-6,10-13H2,1-3H3. The number of alkyl halides is 3. The Bertz CT molecular complexity index is 1160. The van der Waals surface area contributed by atoms with Crippen molar-refractivity contribution in [3.63, 3.8) is 0 Å². The third-order valence-electron chi connectivity index (χ3n) is 4.73. The zero-order chi connectivity index (χ0) is 27.6. The fourth-order valence-corrected chi connectivity index (χ4v) is 4.23. The summed E-state index contributed by atoms with van der Waals surface area (Å²) in [5.74, 6) is -0.699. The van der Waals surface area contributed by atoms with Crippen molar-refractivity contribution in [3.05, 3.63) is 41.0 Å². The predicted molar refractivity (Wildman–Crippen MR) is 131 cm³/mol. The van der Waals surface area contributed by atoms with Gasteiger partial charge in [-0.1, -0.05) is 37.9 Å². The first-order chi connectivity index (χ1) is 17.4. The Kier molecular flexibility index (Phi) is 11.3. The van der Waals surface area contributed by atoms with Crippen molar-refractivity contribution in [2.24, 2.45) is 0 Å². The zero-order valence-electron chi connectivity index (χ0n) is 20.5. The van der Waals surface area contributed by atoms with Gasteiger partial charge >= 0.3 is 22.4 Å². The molecule has 1 heterocycles. The van der Waals surface area contributed by atoms with Crippen LogP contribution in [0.25, 0.3) is 0 Å². The van der Waals surface area contributed by atoms with Crippen LogP contribution in [-0.4, -0.2) is 52.1 Å². The van der Waals surface area contributed by atoms with Crippen LogP contribution in [0.4, 0.5) is 23.7 Å². The van der Waals surface area contributed by atoms with E-state index in [1.807, 2.05) is 0 Å². The normalized spacial score (nSPS) is 11.8. The maximum atomic E-state index is 13.0. The molecule has 206 valence electrons. The maximum Gasteiger partial charge on any atom is 0.430 e. The molecule has 2 aromatic rings. The summed E-state index contributed by atoms with van der Waals surface area (Å²) in [5, 5.41) is -0.432. The second-order valence-corrected chi connectivity index (χ2v) is 9.77. The molecule has 0 N–H and O–H groups in total. The number of unbranched alkanes of at least 4 members (excludes halogenated alkanes) is 1. The molecule has 0 saturated heterocycles. The molecule has 0 aliphatic rings. The van der Waals surface area contributed by atoms with E-state index in [0.717, 1.165) is 4.90 Å². The van der Waals surface area contributed by atoms with Crippen molar-refractivity contribution in [3.8, 4) is 17.4 Å². The minimum absolute atomic E-state index is 0.00266. The molecule has 0 aliphatic carbocycles. The van der Waals surface area contributed by atoms with Gasteiger partial charge in [-0.05, 0) is 31.0 Å². The van der Waals surface area contributed by atoms with Gasteiger partial charge in [-0.2, -0.15) is 21.6 Å². The highest BCUT2D eigenvalue weighted by Crippen LogP contribution is 2.42. The Morgan fingerprint density at radius 2 is 1.84 bits per heavy atom. The molecule has 1 amide bonds. The SMILES string of the molecule is CCCCS(=O)(=O)OC(=O)N(CCC)c1c(OCCOC)cccc1Oc1ncc(C(F)(F)F)cc1Cl. The van der Waals surface area contributed by atoms with Crippen molar-refractivity contribution < 1.29 is 44.8 Å². The van der Waals surface area contributed by atoms with Crippen LogP contribution < -0.4 is 14.4 Å². The topological polar surface area (TPSA) is 104 Å². The number of methoxy groups -OCH3 is 1. The molecule has 1 aromatic carbocycles. The minimum Gasteiger partial charge on any atom is -0.489 e. The lowest BCUT2D eigenvalue weighted by Crippen LogP contribution is -2.35. The average Bonchev–Trinajstić information content (AvgIpc) is 2.82. The van der Waals surface area contributed by atoms with Crippen molar-refractivity contribution in [1.29, 1.82) is 0 Å². The number of para-hydroxylation sites is 1. The summed E-state index contributed by atoms with van der Waals surface area (Å²) in [6.07, 6.45) is -4.05. The summed E-state index contributed by atoms with van der Waals surface area (Å²) in [6, 6.07) is 5.06. The quantitative estimate of drug-likeness (QED) is 0.212. The first-order valence-electron chi connectivity index (χ1n) is 11.3. The first kappa shape index (κ1) is 30.5. The maximum absolute atomic E-state index is 13.0. The number of carbonyl (C=O) groups is 1. The van der Waals surface area contributed by atoms with Crippen LogP contribution in [0, 0.1) is 0 Å². The lowest BCUT2D eigenvalue weighted by Gasteiger charge is -2.26. The number of ether oxygens (including phenoxy) is 3. The van der Waals surface area contributed by atoms with E-state index in [0.29, 0.717) is 31.5 Å². The number of benzene rings is 1. The number of anilines is 1. The van der Waals surface area contributed by atoms with Crippen LogP contribution >= 0.6 is 11.6 Å². The monoisotopic (exact) mass is 568 g/mol. The van der Waals surface area contributed by atoms with Crippen molar-refractivity contribution in [2.45, 2.75) is 39.3 Å². The van der Waals surface area contributed by atoms with Gasteiger partial charge in [0.1, 0.15) is 23.1 Å². The average molecular weight is 569 g/mol. The van der Waals surface area contributed by atoms with Gasteiger partial charge in [0.25, 0.3) is 0 Å². The Morgan fingerprint density at radius 3 is 2.43 bits per heavy atom. The van der Waals surface area contributed by atoms with Crippen LogP contribution in [0.2, 0.25) is 5.02 Å². The van der Waals surface area contributed by atoms with E-state index in [-0.39, 0.29) is 48.6 Å². The number of halogens is 4. The van der Waals surface area contributed by atoms with Crippen LogP contribution in [0.1, 0.15) is 38.7 Å². The summed E-state index contributed by atoms with van der Waals surface area (Å²) in [7, 11) is -2.72. The van der Waals surface area contributed by atoms with Crippen LogP contribution in [-0.2, 0) is 25.2 Å². The van der Waals surface area contributed by atoms with Gasteiger partial charge in [0.2, 0.25) is 5.88 Å². The van der Waals surface area contributed by atoms with E-state index < -0.39 is 33.0 Å². The Labute approximate surface area is 218 Å². The largest absolute Gasteiger partial charge is 0.489 e. The number of aromatic nitrogens is 1. The van der Waals surface area contributed by atoms with E-state index in [2.05, 4.69) is 4.98 Å². The smallest absolute Gasteiger partial charge is 0.430 e. The molecule has 14 heteroatoms. The van der Waals surface area contributed by atoms with Crippen molar-refractivity contribution in [1.82, 2.24) is 4.98 Å². The lowest BCUT2D eigenvalue weighted by atomic mass is 10.2. The highest BCUT2D eigenvalue weighted by molar-refractivity contribution is 7.87. The fourth-order valence-electron chi connectivity index (χ4n) is 3.00. The van der Waals surface area contributed by atoms with Gasteiger partial charge in [-0.15, -0.1) is 0 Å². The molecule has 9 nitrogen and oxygen atoms in total. The van der Waals surface area contributed by atoms with E-state index in [4.69, 9.17) is 30.0 Å². The predicted octanol–water partition coefficient (Wildman–Crippen LogP) is 6.05. The Balaban J connectivity index is 2.54. The lowest BCUT2D eigenvalue weighted by molar-refractivity contribution is -0.137. The molecule has 0 aliphatic heterocycles. The molecule has 0 bridgehead atoms. The summed E-state index contributed by atoms with van der Waals surface area (Å²) in [4.78, 5) is 17.7. The van der Waals surface area contributed by atoms with E-state index in [1.165, 1.54) is 25.3 Å². The second kappa shape index (κ2) is 13.7. The summed E-state index contributed by atoms with van der Waals surface area (Å²) < 4.78 is 84.9. The molecule has 1 aromatic heterocycles. The minimum atomic E-state index is -4.67. The highest BCUT2D eigenvalue weighted by atomic mass is 35.5. The van der Waals surface area contributed by atoms with Gasteiger partial charge in [0.05, 0.1) is 17.9 Å². The number of amides is 1. The number of nitrogens with zero attached hydrogens (tertiary/aromatic N) is 2. The summed E-state index contributed by atoms with van der Waals surface area (Å²) >= 11 is 6.00. The third kappa shape index (κ3) is 8.93. The van der Waals surface area contributed by atoms with Gasteiger partial charge in [-0.3, -0.25) is 4.90 Å². The molecule has 0 fully saturated rings. The van der Waals surface area contributed by atoms with Crippen molar-refractivity contribution >= 4 is 33.5 Å². The number of carbonyl (C=O) groups excluding carboxylic acids is 1. The number of rotatable bonds is 13. The van der Waals surface area contributed by atoms with Gasteiger partial charge in [0.15, 0.2) is 5.75 Å². The van der Waals surface area contributed by atoms with E-state index in [1.54, 1.807) is 13.8 Å². The third-order valence-corrected chi connectivity index (χ3v) is 6.19. The molecular formula is C23H28ClF3N2O7S. The zero-order valence-corrected chi connectivity index (χ0v) is 22.1.